The van der Waals surface area contributed by atoms with Crippen LogP contribution in [0.4, 0.5) is 5.82 Å². The monoisotopic (exact) mass is 296 g/mol. The molecule has 0 aliphatic heterocycles. The van der Waals surface area contributed by atoms with Crippen LogP contribution in [0, 0.1) is 6.92 Å². The molecule has 1 N–H and O–H groups in total. The Balaban J connectivity index is 2.45. The Morgan fingerprint density at radius 2 is 2.25 bits per heavy atom. The maximum atomic E-state index is 11.8. The Kier molecular flexibility index (Phi) is 4.39. The minimum Gasteiger partial charge on any atom is -0.355 e. The van der Waals surface area contributed by atoms with E-state index in [1.807, 2.05) is 25.7 Å². The molecule has 2 heterocycles. The Bertz CT molecular complexity index is 626. The molecule has 2 aromatic rings. The zero-order valence-electron chi connectivity index (χ0n) is 11.7. The molecule has 2 aromatic heterocycles. The summed E-state index contributed by atoms with van der Waals surface area (Å²) in [5.74, 6) is 1.12. The molecule has 0 fully saturated rings. The second-order valence-electron chi connectivity index (χ2n) is 4.29. The minimum atomic E-state index is -0.0463. The number of rotatable bonds is 5. The predicted molar refractivity (Wildman–Crippen MR) is 77.1 cm³/mol. The highest BCUT2D eigenvalue weighted by Crippen LogP contribution is 2.25. The van der Waals surface area contributed by atoms with Gasteiger partial charge in [0.2, 0.25) is 5.91 Å². The van der Waals surface area contributed by atoms with Crippen molar-refractivity contribution in [2.24, 2.45) is 0 Å². The van der Waals surface area contributed by atoms with Gasteiger partial charge in [0.1, 0.15) is 17.3 Å². The molecule has 0 saturated carbocycles. The van der Waals surface area contributed by atoms with Crippen LogP contribution >= 0.6 is 11.6 Å². The first-order chi connectivity index (χ1) is 9.58. The lowest BCUT2D eigenvalue weighted by Crippen LogP contribution is -2.38. The molecule has 7 nitrogen and oxygen atoms in total. The zero-order chi connectivity index (χ0) is 14.7. The fourth-order valence-corrected chi connectivity index (χ4v) is 2.18. The van der Waals surface area contributed by atoms with E-state index in [0.29, 0.717) is 24.0 Å². The van der Waals surface area contributed by atoms with Crippen molar-refractivity contribution in [1.82, 2.24) is 24.9 Å². The smallest absolute Gasteiger partial charge is 0.255 e. The molecule has 0 unspecified atom stereocenters. The van der Waals surface area contributed by atoms with Crippen molar-refractivity contribution in [3.63, 3.8) is 0 Å². The number of carbonyl (C=O) groups is 1. The van der Waals surface area contributed by atoms with E-state index in [1.54, 1.807) is 4.52 Å². The van der Waals surface area contributed by atoms with Crippen molar-refractivity contribution in [2.75, 3.05) is 24.5 Å². The lowest BCUT2D eigenvalue weighted by molar-refractivity contribution is -0.119. The largest absolute Gasteiger partial charge is 0.355 e. The lowest BCUT2D eigenvalue weighted by atomic mass is 10.3. The molecule has 1 amide bonds. The van der Waals surface area contributed by atoms with E-state index in [2.05, 4.69) is 20.4 Å². The number of likely N-dealkylation sites (N-methyl/N-ethyl adjacent to an activating group) is 2. The number of hydrogen-bond donors (Lipinski definition) is 1. The van der Waals surface area contributed by atoms with Crippen molar-refractivity contribution < 1.29 is 4.79 Å². The number of carbonyl (C=O) groups excluding carboxylic acids is 1. The van der Waals surface area contributed by atoms with Gasteiger partial charge >= 0.3 is 0 Å². The molecule has 0 spiro atoms. The van der Waals surface area contributed by atoms with Crippen LogP contribution < -0.4 is 10.2 Å². The second-order valence-corrected chi connectivity index (χ2v) is 4.65. The summed E-state index contributed by atoms with van der Waals surface area (Å²) in [6.07, 6.45) is 1.42. The van der Waals surface area contributed by atoms with Crippen LogP contribution in [0.5, 0.6) is 0 Å². The molecule has 0 aliphatic carbocycles. The standard InChI is InChI=1S/C12H17ClN6O/c1-4-14-9(20)6-18(5-2)11-8(3)10(13)17-12-15-7-16-19(11)12/h7H,4-6H2,1-3H3,(H,14,20). The number of amides is 1. The number of nitrogens with one attached hydrogen (secondary N) is 1. The first-order valence-electron chi connectivity index (χ1n) is 6.45. The minimum absolute atomic E-state index is 0.0463. The molecule has 20 heavy (non-hydrogen) atoms. The second kappa shape index (κ2) is 6.04. The number of aromatic nitrogens is 4. The number of halogens is 1. The fourth-order valence-electron chi connectivity index (χ4n) is 2.02. The van der Waals surface area contributed by atoms with Gasteiger partial charge in [-0.2, -0.15) is 19.6 Å². The number of hydrogen-bond acceptors (Lipinski definition) is 5. The van der Waals surface area contributed by atoms with Gasteiger partial charge in [-0.1, -0.05) is 11.6 Å². The van der Waals surface area contributed by atoms with Crippen LogP contribution in [0.25, 0.3) is 5.78 Å². The fraction of sp³-hybridized carbons (Fsp3) is 0.500. The molecule has 0 bridgehead atoms. The normalized spacial score (nSPS) is 10.8. The summed E-state index contributed by atoms with van der Waals surface area (Å²) >= 11 is 6.13. The van der Waals surface area contributed by atoms with Gasteiger partial charge in [0.15, 0.2) is 0 Å². The van der Waals surface area contributed by atoms with Gasteiger partial charge < -0.3 is 10.2 Å². The van der Waals surface area contributed by atoms with E-state index in [-0.39, 0.29) is 12.5 Å². The van der Waals surface area contributed by atoms with E-state index >= 15 is 0 Å². The molecule has 8 heteroatoms. The van der Waals surface area contributed by atoms with Gasteiger partial charge in [0.05, 0.1) is 6.54 Å². The molecule has 0 saturated heterocycles. The topological polar surface area (TPSA) is 75.4 Å². The average Bonchev–Trinajstić information content (AvgIpc) is 2.86. The van der Waals surface area contributed by atoms with Crippen LogP contribution in [0.2, 0.25) is 5.15 Å². The van der Waals surface area contributed by atoms with Crippen LogP contribution in [0.15, 0.2) is 6.33 Å². The van der Waals surface area contributed by atoms with E-state index in [1.165, 1.54) is 6.33 Å². The Morgan fingerprint density at radius 1 is 1.50 bits per heavy atom. The van der Waals surface area contributed by atoms with Crippen LogP contribution in [0.1, 0.15) is 19.4 Å². The highest BCUT2D eigenvalue weighted by atomic mass is 35.5. The Labute approximate surface area is 122 Å². The quantitative estimate of drug-likeness (QED) is 0.835. The number of fused-ring (bicyclic) bond motifs is 1. The summed E-state index contributed by atoms with van der Waals surface area (Å²) in [6, 6.07) is 0. The number of nitrogens with zero attached hydrogens (tertiary/aromatic N) is 5. The van der Waals surface area contributed by atoms with Crippen molar-refractivity contribution >= 4 is 29.1 Å². The Morgan fingerprint density at radius 3 is 2.90 bits per heavy atom. The van der Waals surface area contributed by atoms with Crippen LogP contribution in [-0.2, 0) is 4.79 Å². The van der Waals surface area contributed by atoms with E-state index in [0.717, 1.165) is 11.4 Å². The summed E-state index contributed by atoms with van der Waals surface area (Å²) < 4.78 is 1.60. The Hall–Kier alpha value is -1.89. The summed E-state index contributed by atoms with van der Waals surface area (Å²) in [7, 11) is 0. The number of anilines is 1. The lowest BCUT2D eigenvalue weighted by Gasteiger charge is -2.24. The van der Waals surface area contributed by atoms with E-state index < -0.39 is 0 Å². The van der Waals surface area contributed by atoms with Gasteiger partial charge in [0, 0.05) is 18.7 Å². The highest BCUT2D eigenvalue weighted by molar-refractivity contribution is 6.30. The van der Waals surface area contributed by atoms with Crippen molar-refractivity contribution in [1.29, 1.82) is 0 Å². The molecular formula is C12H17ClN6O. The van der Waals surface area contributed by atoms with Crippen molar-refractivity contribution in [3.8, 4) is 0 Å². The maximum absolute atomic E-state index is 11.8. The average molecular weight is 297 g/mol. The summed E-state index contributed by atoms with van der Waals surface area (Å²) in [5.41, 5.74) is 0.774. The van der Waals surface area contributed by atoms with Gasteiger partial charge in [-0.3, -0.25) is 4.79 Å². The molecule has 0 radical (unpaired) electrons. The molecule has 0 atom stereocenters. The van der Waals surface area contributed by atoms with Crippen molar-refractivity contribution in [2.45, 2.75) is 20.8 Å². The summed E-state index contributed by atoms with van der Waals surface area (Å²) in [4.78, 5) is 21.9. The third-order valence-electron chi connectivity index (χ3n) is 2.96. The molecule has 108 valence electrons. The predicted octanol–water partition coefficient (Wildman–Crippen LogP) is 1.05. The van der Waals surface area contributed by atoms with Gasteiger partial charge in [-0.25, -0.2) is 0 Å². The summed E-state index contributed by atoms with van der Waals surface area (Å²) in [6.45, 7) is 7.19. The summed E-state index contributed by atoms with van der Waals surface area (Å²) in [5, 5.41) is 7.31. The van der Waals surface area contributed by atoms with E-state index in [4.69, 9.17) is 11.6 Å². The molecule has 0 aliphatic rings. The first kappa shape index (κ1) is 14.5. The van der Waals surface area contributed by atoms with Crippen LogP contribution in [0.3, 0.4) is 0 Å². The highest BCUT2D eigenvalue weighted by Gasteiger charge is 2.19. The van der Waals surface area contributed by atoms with Gasteiger partial charge in [0.25, 0.3) is 5.78 Å². The molecule has 0 aromatic carbocycles. The SMILES string of the molecule is CCNC(=O)CN(CC)c1c(C)c(Cl)nc2ncnn12. The van der Waals surface area contributed by atoms with Crippen molar-refractivity contribution in [3.05, 3.63) is 17.0 Å². The first-order valence-corrected chi connectivity index (χ1v) is 6.83. The third-order valence-corrected chi connectivity index (χ3v) is 3.33. The maximum Gasteiger partial charge on any atom is 0.255 e. The van der Waals surface area contributed by atoms with E-state index in [9.17, 15) is 4.79 Å². The van der Waals surface area contributed by atoms with Gasteiger partial charge in [-0.15, -0.1) is 0 Å². The third kappa shape index (κ3) is 2.67. The molecular weight excluding hydrogens is 280 g/mol. The van der Waals surface area contributed by atoms with Gasteiger partial charge in [-0.05, 0) is 20.8 Å². The molecule has 2 rings (SSSR count). The zero-order valence-corrected chi connectivity index (χ0v) is 12.5. The van der Waals surface area contributed by atoms with Crippen LogP contribution in [-0.4, -0.2) is 45.1 Å².